The molecule has 8 heteroatoms. The number of aliphatic carboxylic acids is 1. The molecule has 2 heterocycles. The number of aromatic nitrogens is 1. The van der Waals surface area contributed by atoms with E-state index in [0.29, 0.717) is 4.47 Å². The van der Waals surface area contributed by atoms with Gasteiger partial charge >= 0.3 is 5.97 Å². The van der Waals surface area contributed by atoms with Gasteiger partial charge in [0.25, 0.3) is 0 Å². The number of rotatable bonds is 4. The molecule has 1 saturated heterocycles. The molecule has 0 saturated carbocycles. The van der Waals surface area contributed by atoms with Crippen LogP contribution in [-0.4, -0.2) is 32.8 Å². The molecular weight excluding hydrogens is 335 g/mol. The summed E-state index contributed by atoms with van der Waals surface area (Å²) in [6.07, 6.45) is 0.703. The summed E-state index contributed by atoms with van der Waals surface area (Å²) in [7, 11) is 0. The Morgan fingerprint density at radius 3 is 2.90 bits per heavy atom. The maximum absolute atomic E-state index is 13.5. The quantitative estimate of drug-likeness (QED) is 0.657. The van der Waals surface area contributed by atoms with Gasteiger partial charge in [-0.15, -0.1) is 0 Å². The highest BCUT2D eigenvalue weighted by molar-refractivity contribution is 9.10. The Balaban J connectivity index is 2.17. The third kappa shape index (κ3) is 3.01. The normalized spacial score (nSPS) is 18.7. The molecule has 6 nitrogen and oxygen atoms in total. The number of carbonyl (C=O) groups is 3. The fourth-order valence-corrected chi connectivity index (χ4v) is 2.41. The minimum absolute atomic E-state index is 0.0945. The second kappa shape index (κ2) is 5.66. The van der Waals surface area contributed by atoms with Crippen molar-refractivity contribution in [3.63, 3.8) is 0 Å². The maximum atomic E-state index is 13.5. The zero-order valence-electron chi connectivity index (χ0n) is 10.2. The van der Waals surface area contributed by atoms with Crippen LogP contribution < -0.4 is 0 Å². The standard InChI is InChI=1S/C12H10BrFN2O4/c13-8-1-7(11(14)15-4-8)5-16-9(17)2-6(12(16)20)3-10(18)19/h1,4,6H,2-3,5H2,(H,18,19). The summed E-state index contributed by atoms with van der Waals surface area (Å²) in [5.74, 6) is -3.87. The summed E-state index contributed by atoms with van der Waals surface area (Å²) in [6.45, 7) is -0.244. The van der Waals surface area contributed by atoms with E-state index in [1.807, 2.05) is 0 Å². The Hall–Kier alpha value is -1.83. The average molecular weight is 345 g/mol. The molecule has 1 unspecified atom stereocenters. The van der Waals surface area contributed by atoms with Crippen molar-refractivity contribution < 1.29 is 23.9 Å². The van der Waals surface area contributed by atoms with Crippen LogP contribution in [0.25, 0.3) is 0 Å². The topological polar surface area (TPSA) is 87.6 Å². The molecule has 0 radical (unpaired) electrons. The summed E-state index contributed by atoms with van der Waals surface area (Å²) in [5.41, 5.74) is 0.0945. The Morgan fingerprint density at radius 1 is 1.55 bits per heavy atom. The Labute approximate surface area is 121 Å². The van der Waals surface area contributed by atoms with Crippen LogP contribution in [0.4, 0.5) is 4.39 Å². The smallest absolute Gasteiger partial charge is 0.304 e. The van der Waals surface area contributed by atoms with Crippen molar-refractivity contribution >= 4 is 33.7 Å². The van der Waals surface area contributed by atoms with E-state index in [1.165, 1.54) is 12.3 Å². The van der Waals surface area contributed by atoms with Gasteiger partial charge in [-0.3, -0.25) is 19.3 Å². The van der Waals surface area contributed by atoms with Crippen LogP contribution in [-0.2, 0) is 20.9 Å². The number of imide groups is 1. The van der Waals surface area contributed by atoms with Crippen LogP contribution in [0.5, 0.6) is 0 Å². The molecular formula is C12H10BrFN2O4. The van der Waals surface area contributed by atoms with Crippen LogP contribution in [0.3, 0.4) is 0 Å². The van der Waals surface area contributed by atoms with Gasteiger partial charge in [0.1, 0.15) is 0 Å². The summed E-state index contributed by atoms with van der Waals surface area (Å²) >= 11 is 3.13. The molecule has 1 aliphatic rings. The molecule has 106 valence electrons. The van der Waals surface area contributed by atoms with Gasteiger partial charge in [-0.1, -0.05) is 0 Å². The number of carboxylic acids is 1. The molecule has 0 bridgehead atoms. The van der Waals surface area contributed by atoms with Crippen molar-refractivity contribution in [1.29, 1.82) is 0 Å². The number of halogens is 2. The van der Waals surface area contributed by atoms with Gasteiger partial charge in [-0.05, 0) is 22.0 Å². The molecule has 1 aliphatic heterocycles. The molecule has 0 aromatic carbocycles. The largest absolute Gasteiger partial charge is 0.481 e. The SMILES string of the molecule is O=C(O)CC1CC(=O)N(Cc2cc(Br)cnc2F)C1=O. The van der Waals surface area contributed by atoms with Gasteiger partial charge < -0.3 is 5.11 Å². The highest BCUT2D eigenvalue weighted by Crippen LogP contribution is 2.25. The van der Waals surface area contributed by atoms with E-state index in [2.05, 4.69) is 20.9 Å². The predicted octanol–water partition coefficient (Wildman–Crippen LogP) is 1.33. The third-order valence-corrected chi connectivity index (χ3v) is 3.40. The number of pyridine rings is 1. The number of likely N-dealkylation sites (tertiary alicyclic amines) is 1. The Morgan fingerprint density at radius 2 is 2.25 bits per heavy atom. The fraction of sp³-hybridized carbons (Fsp3) is 0.333. The van der Waals surface area contributed by atoms with E-state index in [-0.39, 0.29) is 18.5 Å². The van der Waals surface area contributed by atoms with Crippen LogP contribution in [0, 0.1) is 11.9 Å². The van der Waals surface area contributed by atoms with Gasteiger partial charge in [0.15, 0.2) is 0 Å². The molecule has 2 rings (SSSR count). The second-order valence-electron chi connectivity index (χ2n) is 4.42. The number of amides is 2. The van der Waals surface area contributed by atoms with Crippen molar-refractivity contribution in [3.8, 4) is 0 Å². The maximum Gasteiger partial charge on any atom is 0.304 e. The lowest BCUT2D eigenvalue weighted by atomic mass is 10.0. The molecule has 1 N–H and O–H groups in total. The first kappa shape index (κ1) is 14.6. The van der Waals surface area contributed by atoms with E-state index in [1.54, 1.807) is 0 Å². The minimum Gasteiger partial charge on any atom is -0.481 e. The van der Waals surface area contributed by atoms with E-state index < -0.39 is 36.1 Å². The van der Waals surface area contributed by atoms with Gasteiger partial charge in [-0.25, -0.2) is 4.98 Å². The van der Waals surface area contributed by atoms with Crippen LogP contribution >= 0.6 is 15.9 Å². The number of nitrogens with zero attached hydrogens (tertiary/aromatic N) is 2. The van der Waals surface area contributed by atoms with Crippen molar-refractivity contribution in [3.05, 3.63) is 28.2 Å². The lowest BCUT2D eigenvalue weighted by Gasteiger charge is -2.15. The van der Waals surface area contributed by atoms with Crippen molar-refractivity contribution in [1.82, 2.24) is 9.88 Å². The summed E-state index contributed by atoms with van der Waals surface area (Å²) < 4.78 is 14.0. The average Bonchev–Trinajstić information content (AvgIpc) is 2.61. The van der Waals surface area contributed by atoms with Gasteiger partial charge in [0.05, 0.1) is 18.9 Å². The van der Waals surface area contributed by atoms with E-state index in [4.69, 9.17) is 5.11 Å². The molecule has 0 aliphatic carbocycles. The lowest BCUT2D eigenvalue weighted by Crippen LogP contribution is -2.31. The zero-order chi connectivity index (χ0) is 14.9. The van der Waals surface area contributed by atoms with Crippen molar-refractivity contribution in [2.45, 2.75) is 19.4 Å². The monoisotopic (exact) mass is 344 g/mol. The summed E-state index contributed by atoms with van der Waals surface area (Å²) in [5, 5.41) is 8.68. The highest BCUT2D eigenvalue weighted by Gasteiger charge is 2.39. The summed E-state index contributed by atoms with van der Waals surface area (Å²) in [6, 6.07) is 1.42. The number of carbonyl (C=O) groups excluding carboxylic acids is 2. The van der Waals surface area contributed by atoms with Crippen molar-refractivity contribution in [2.75, 3.05) is 0 Å². The number of hydrogen-bond acceptors (Lipinski definition) is 4. The molecule has 1 fully saturated rings. The number of carboxylic acid groups (broad SMARTS) is 1. The first-order valence-electron chi connectivity index (χ1n) is 5.74. The molecule has 0 spiro atoms. The van der Waals surface area contributed by atoms with Gasteiger partial charge in [-0.2, -0.15) is 4.39 Å². The first-order chi connectivity index (χ1) is 9.38. The van der Waals surface area contributed by atoms with E-state index in [0.717, 1.165) is 4.90 Å². The molecule has 1 aromatic heterocycles. The number of hydrogen-bond donors (Lipinski definition) is 1. The van der Waals surface area contributed by atoms with E-state index >= 15 is 0 Å². The Bertz CT molecular complexity index is 593. The minimum atomic E-state index is -1.15. The van der Waals surface area contributed by atoms with Crippen LogP contribution in [0.1, 0.15) is 18.4 Å². The van der Waals surface area contributed by atoms with Crippen molar-refractivity contribution in [2.24, 2.45) is 5.92 Å². The lowest BCUT2D eigenvalue weighted by molar-refractivity contribution is -0.144. The molecule has 20 heavy (non-hydrogen) atoms. The zero-order valence-corrected chi connectivity index (χ0v) is 11.8. The van der Waals surface area contributed by atoms with E-state index in [9.17, 15) is 18.8 Å². The molecule has 2 amide bonds. The Kier molecular flexibility index (Phi) is 4.12. The van der Waals surface area contributed by atoms with Gasteiger partial charge in [0, 0.05) is 22.7 Å². The van der Waals surface area contributed by atoms with Gasteiger partial charge in [0.2, 0.25) is 17.8 Å². The fourth-order valence-electron chi connectivity index (χ4n) is 2.03. The third-order valence-electron chi connectivity index (χ3n) is 2.97. The molecule has 1 atom stereocenters. The molecule has 1 aromatic rings. The first-order valence-corrected chi connectivity index (χ1v) is 6.53. The van der Waals surface area contributed by atoms with Crippen LogP contribution in [0.15, 0.2) is 16.7 Å². The predicted molar refractivity (Wildman–Crippen MR) is 67.8 cm³/mol. The van der Waals surface area contributed by atoms with Crippen LogP contribution in [0.2, 0.25) is 0 Å². The summed E-state index contributed by atoms with van der Waals surface area (Å²) in [4.78, 5) is 38.6. The highest BCUT2D eigenvalue weighted by atomic mass is 79.9. The second-order valence-corrected chi connectivity index (χ2v) is 5.34.